The van der Waals surface area contributed by atoms with Gasteiger partial charge in [-0.05, 0) is 39.7 Å². The van der Waals surface area contributed by atoms with E-state index in [4.69, 9.17) is 5.73 Å². The van der Waals surface area contributed by atoms with Gasteiger partial charge in [-0.2, -0.15) is 0 Å². The number of amides is 1. The summed E-state index contributed by atoms with van der Waals surface area (Å²) in [4.78, 5) is 11.9. The first-order valence-electron chi connectivity index (χ1n) is 5.85. The molecular formula is C14H10Br2F2N2O. The molecule has 0 unspecified atom stereocenters. The molecule has 0 aromatic heterocycles. The van der Waals surface area contributed by atoms with Crippen molar-refractivity contribution in [3.05, 3.63) is 56.5 Å². The van der Waals surface area contributed by atoms with Gasteiger partial charge in [0.2, 0.25) is 5.91 Å². The second-order valence-corrected chi connectivity index (χ2v) is 6.08. The predicted octanol–water partition coefficient (Wildman–Crippen LogP) is 4.25. The van der Waals surface area contributed by atoms with Crippen molar-refractivity contribution < 1.29 is 13.6 Å². The zero-order valence-electron chi connectivity index (χ0n) is 10.6. The van der Waals surface area contributed by atoms with E-state index in [9.17, 15) is 13.6 Å². The summed E-state index contributed by atoms with van der Waals surface area (Å²) < 4.78 is 27.7. The molecule has 1 amide bonds. The molecule has 110 valence electrons. The van der Waals surface area contributed by atoms with Gasteiger partial charge in [-0.25, -0.2) is 8.78 Å². The Morgan fingerprint density at radius 1 is 1.19 bits per heavy atom. The summed E-state index contributed by atoms with van der Waals surface area (Å²) in [5.74, 6) is -1.89. The van der Waals surface area contributed by atoms with E-state index in [-0.39, 0.29) is 12.0 Å². The first-order valence-corrected chi connectivity index (χ1v) is 7.43. The molecule has 0 aliphatic rings. The fraction of sp³-hybridized carbons (Fsp3) is 0.0714. The molecule has 0 atom stereocenters. The van der Waals surface area contributed by atoms with Crippen LogP contribution in [0.2, 0.25) is 0 Å². The molecule has 0 bridgehead atoms. The normalized spacial score (nSPS) is 10.5. The van der Waals surface area contributed by atoms with Gasteiger partial charge >= 0.3 is 0 Å². The highest BCUT2D eigenvalue weighted by Crippen LogP contribution is 2.32. The maximum absolute atomic E-state index is 13.5. The van der Waals surface area contributed by atoms with Crippen molar-refractivity contribution in [3.63, 3.8) is 0 Å². The fourth-order valence-corrected chi connectivity index (χ4v) is 3.10. The second kappa shape index (κ2) is 6.53. The summed E-state index contributed by atoms with van der Waals surface area (Å²) in [5, 5.41) is 2.60. The van der Waals surface area contributed by atoms with Crippen molar-refractivity contribution in [2.24, 2.45) is 0 Å². The highest BCUT2D eigenvalue weighted by molar-refractivity contribution is 9.11. The first-order chi connectivity index (χ1) is 9.86. The molecule has 21 heavy (non-hydrogen) atoms. The lowest BCUT2D eigenvalue weighted by atomic mass is 10.1. The molecule has 0 saturated heterocycles. The Labute approximate surface area is 136 Å². The van der Waals surface area contributed by atoms with Gasteiger partial charge in [0.1, 0.15) is 11.6 Å². The summed E-state index contributed by atoms with van der Waals surface area (Å²) >= 11 is 6.56. The maximum Gasteiger partial charge on any atom is 0.228 e. The van der Waals surface area contributed by atoms with Crippen molar-refractivity contribution in [2.75, 3.05) is 11.1 Å². The Kier molecular flexibility index (Phi) is 4.95. The van der Waals surface area contributed by atoms with Crippen LogP contribution in [0, 0.1) is 11.6 Å². The predicted molar refractivity (Wildman–Crippen MR) is 84.9 cm³/mol. The maximum atomic E-state index is 13.5. The van der Waals surface area contributed by atoms with Crippen molar-refractivity contribution in [3.8, 4) is 0 Å². The van der Waals surface area contributed by atoms with Crippen LogP contribution in [0.25, 0.3) is 0 Å². The zero-order chi connectivity index (χ0) is 15.6. The van der Waals surface area contributed by atoms with E-state index in [2.05, 4.69) is 37.2 Å². The van der Waals surface area contributed by atoms with E-state index in [0.717, 1.165) is 16.6 Å². The third-order valence-electron chi connectivity index (χ3n) is 2.72. The van der Waals surface area contributed by atoms with Gasteiger partial charge < -0.3 is 11.1 Å². The van der Waals surface area contributed by atoms with Crippen molar-refractivity contribution in [2.45, 2.75) is 6.42 Å². The van der Waals surface area contributed by atoms with E-state index in [1.165, 1.54) is 6.07 Å². The number of nitrogens with two attached hydrogens (primary N) is 1. The van der Waals surface area contributed by atoms with Crippen LogP contribution >= 0.6 is 31.9 Å². The largest absolute Gasteiger partial charge is 0.397 e. The quantitative estimate of drug-likeness (QED) is 0.730. The van der Waals surface area contributed by atoms with E-state index in [1.54, 1.807) is 12.1 Å². The third kappa shape index (κ3) is 4.01. The van der Waals surface area contributed by atoms with Crippen LogP contribution in [0.15, 0.2) is 39.3 Å². The van der Waals surface area contributed by atoms with Crippen molar-refractivity contribution in [1.82, 2.24) is 0 Å². The van der Waals surface area contributed by atoms with Crippen LogP contribution < -0.4 is 11.1 Å². The summed E-state index contributed by atoms with van der Waals surface area (Å²) in [6.45, 7) is 0. The lowest BCUT2D eigenvalue weighted by molar-refractivity contribution is -0.115. The lowest BCUT2D eigenvalue weighted by Gasteiger charge is -2.11. The SMILES string of the molecule is Nc1cc(Br)cc(Br)c1NC(=O)Cc1ccc(F)cc1F. The standard InChI is InChI=1S/C14H10Br2F2N2O/c15-8-4-10(16)14(12(19)5-8)20-13(21)3-7-1-2-9(17)6-11(7)18/h1-2,4-6H,3,19H2,(H,20,21). The molecule has 0 aliphatic carbocycles. The minimum atomic E-state index is -0.756. The van der Waals surface area contributed by atoms with Crippen LogP contribution in [0.1, 0.15) is 5.56 Å². The summed E-state index contributed by atoms with van der Waals surface area (Å²) in [7, 11) is 0. The molecule has 0 heterocycles. The third-order valence-corrected chi connectivity index (χ3v) is 3.80. The Bertz CT molecular complexity index is 684. The molecule has 0 radical (unpaired) electrons. The highest BCUT2D eigenvalue weighted by atomic mass is 79.9. The van der Waals surface area contributed by atoms with Gasteiger partial charge in [0.05, 0.1) is 17.8 Å². The average molecular weight is 420 g/mol. The topological polar surface area (TPSA) is 55.1 Å². The zero-order valence-corrected chi connectivity index (χ0v) is 13.8. The molecule has 0 saturated carbocycles. The number of carbonyl (C=O) groups excluding carboxylic acids is 1. The number of benzene rings is 2. The molecule has 2 rings (SSSR count). The molecular weight excluding hydrogens is 410 g/mol. The van der Waals surface area contributed by atoms with Crippen LogP contribution in [-0.2, 0) is 11.2 Å². The van der Waals surface area contributed by atoms with Gasteiger partial charge in [0.15, 0.2) is 0 Å². The molecule has 3 nitrogen and oxygen atoms in total. The Hall–Kier alpha value is -1.47. The Morgan fingerprint density at radius 3 is 2.52 bits per heavy atom. The van der Waals surface area contributed by atoms with Crippen LogP contribution in [0.3, 0.4) is 0 Å². The number of nitrogen functional groups attached to an aromatic ring is 1. The van der Waals surface area contributed by atoms with E-state index < -0.39 is 17.5 Å². The van der Waals surface area contributed by atoms with Gasteiger partial charge in [0.25, 0.3) is 0 Å². The Balaban J connectivity index is 2.16. The van der Waals surface area contributed by atoms with Crippen molar-refractivity contribution in [1.29, 1.82) is 0 Å². The molecule has 0 spiro atoms. The molecule has 0 fully saturated rings. The summed E-state index contributed by atoms with van der Waals surface area (Å²) in [6, 6.07) is 6.45. The number of nitrogens with one attached hydrogen (secondary N) is 1. The van der Waals surface area contributed by atoms with Gasteiger partial charge in [-0.3, -0.25) is 4.79 Å². The fourth-order valence-electron chi connectivity index (χ4n) is 1.75. The number of anilines is 2. The molecule has 2 aromatic carbocycles. The number of carbonyl (C=O) groups is 1. The van der Waals surface area contributed by atoms with E-state index in [0.29, 0.717) is 15.8 Å². The monoisotopic (exact) mass is 418 g/mol. The van der Waals surface area contributed by atoms with Crippen LogP contribution in [0.5, 0.6) is 0 Å². The summed E-state index contributed by atoms with van der Waals surface area (Å²) in [5.41, 5.74) is 6.70. The molecule has 7 heteroatoms. The van der Waals surface area contributed by atoms with E-state index >= 15 is 0 Å². The van der Waals surface area contributed by atoms with Gasteiger partial charge in [-0.1, -0.05) is 22.0 Å². The minimum absolute atomic E-state index is 0.112. The first kappa shape index (κ1) is 15.9. The Morgan fingerprint density at radius 2 is 1.90 bits per heavy atom. The van der Waals surface area contributed by atoms with Crippen molar-refractivity contribution >= 4 is 49.1 Å². The average Bonchev–Trinajstić information content (AvgIpc) is 2.37. The highest BCUT2D eigenvalue weighted by Gasteiger charge is 2.13. The van der Waals surface area contributed by atoms with Gasteiger partial charge in [-0.15, -0.1) is 0 Å². The number of halogens is 4. The lowest BCUT2D eigenvalue weighted by Crippen LogP contribution is -2.16. The summed E-state index contributed by atoms with van der Waals surface area (Å²) in [6.07, 6.45) is -0.214. The molecule has 0 aliphatic heterocycles. The smallest absolute Gasteiger partial charge is 0.228 e. The van der Waals surface area contributed by atoms with E-state index in [1.807, 2.05) is 0 Å². The molecule has 2 aromatic rings. The number of rotatable bonds is 3. The van der Waals surface area contributed by atoms with Crippen LogP contribution in [-0.4, -0.2) is 5.91 Å². The molecule has 3 N–H and O–H groups in total. The minimum Gasteiger partial charge on any atom is -0.397 e. The van der Waals surface area contributed by atoms with Crippen LogP contribution in [0.4, 0.5) is 20.2 Å². The number of hydrogen-bond donors (Lipinski definition) is 2. The number of hydrogen-bond acceptors (Lipinski definition) is 2. The second-order valence-electron chi connectivity index (χ2n) is 4.31. The van der Waals surface area contributed by atoms with Gasteiger partial charge in [0, 0.05) is 15.0 Å².